The van der Waals surface area contributed by atoms with Gasteiger partial charge in [0.2, 0.25) is 0 Å². The second kappa shape index (κ2) is 5.80. The molecule has 2 rings (SSSR count). The molecule has 2 atom stereocenters. The van der Waals surface area contributed by atoms with Gasteiger partial charge in [0, 0.05) is 12.0 Å². The number of carboxylic acid groups (broad SMARTS) is 1. The van der Waals surface area contributed by atoms with Gasteiger partial charge < -0.3 is 9.84 Å². The molecule has 5 heteroatoms. The Morgan fingerprint density at radius 2 is 2.44 bits per heavy atom. The van der Waals surface area contributed by atoms with E-state index in [0.29, 0.717) is 6.42 Å². The lowest BCUT2D eigenvalue weighted by Gasteiger charge is -2.16. The molecule has 4 nitrogen and oxygen atoms in total. The number of ether oxygens (including phenoxy) is 1. The number of aromatic nitrogens is 1. The van der Waals surface area contributed by atoms with E-state index in [0.717, 1.165) is 41.3 Å². The molecule has 1 heterocycles. The van der Waals surface area contributed by atoms with Gasteiger partial charge in [-0.25, -0.2) is 4.98 Å². The summed E-state index contributed by atoms with van der Waals surface area (Å²) in [7, 11) is 1.69. The summed E-state index contributed by atoms with van der Waals surface area (Å²) < 4.78 is 5.45. The van der Waals surface area contributed by atoms with Gasteiger partial charge >= 0.3 is 5.97 Å². The first kappa shape index (κ1) is 13.5. The van der Waals surface area contributed by atoms with Crippen molar-refractivity contribution in [3.63, 3.8) is 0 Å². The van der Waals surface area contributed by atoms with Crippen LogP contribution in [0.2, 0.25) is 0 Å². The molecule has 0 spiro atoms. The number of carbonyl (C=O) groups is 1. The zero-order valence-corrected chi connectivity index (χ0v) is 11.6. The molecule has 0 saturated heterocycles. The van der Waals surface area contributed by atoms with Crippen molar-refractivity contribution < 1.29 is 14.6 Å². The summed E-state index contributed by atoms with van der Waals surface area (Å²) in [5.41, 5.74) is 0.784. The van der Waals surface area contributed by atoms with Gasteiger partial charge in [0.15, 0.2) is 0 Å². The third-order valence-corrected chi connectivity index (χ3v) is 4.60. The highest BCUT2D eigenvalue weighted by Crippen LogP contribution is 2.38. The number of aliphatic carboxylic acids is 1. The standard InChI is InChI=1S/C13H19NO3S/c1-3-5-9(17-2)12-14-11-8(13(15)16)6-4-7-10(11)18-12/h8-9H,3-7H2,1-2H3,(H,15,16). The van der Waals surface area contributed by atoms with E-state index in [2.05, 4.69) is 11.9 Å². The zero-order valence-electron chi connectivity index (χ0n) is 10.8. The fourth-order valence-electron chi connectivity index (χ4n) is 2.42. The van der Waals surface area contributed by atoms with Gasteiger partial charge in [-0.3, -0.25) is 4.79 Å². The fraction of sp³-hybridized carbons (Fsp3) is 0.692. The number of aryl methyl sites for hydroxylation is 1. The summed E-state index contributed by atoms with van der Waals surface area (Å²) in [6, 6.07) is 0. The van der Waals surface area contributed by atoms with Crippen molar-refractivity contribution in [3.8, 4) is 0 Å². The van der Waals surface area contributed by atoms with Crippen molar-refractivity contribution in [1.29, 1.82) is 0 Å². The zero-order chi connectivity index (χ0) is 13.1. The molecule has 1 aromatic rings. The van der Waals surface area contributed by atoms with Gasteiger partial charge in [0.25, 0.3) is 0 Å². The topological polar surface area (TPSA) is 59.4 Å². The molecule has 2 unspecified atom stereocenters. The molecule has 1 N–H and O–H groups in total. The second-order valence-electron chi connectivity index (χ2n) is 4.66. The Hall–Kier alpha value is -0.940. The van der Waals surface area contributed by atoms with Crippen molar-refractivity contribution in [2.45, 2.75) is 51.0 Å². The molecule has 18 heavy (non-hydrogen) atoms. The fourth-order valence-corrected chi connectivity index (χ4v) is 3.70. The van der Waals surface area contributed by atoms with Crippen LogP contribution in [-0.2, 0) is 16.0 Å². The Balaban J connectivity index is 2.28. The van der Waals surface area contributed by atoms with E-state index < -0.39 is 11.9 Å². The Labute approximate surface area is 111 Å². The normalized spacial score (nSPS) is 20.4. The summed E-state index contributed by atoms with van der Waals surface area (Å²) in [4.78, 5) is 16.9. The molecule has 0 fully saturated rings. The van der Waals surface area contributed by atoms with Gasteiger partial charge in [-0.1, -0.05) is 13.3 Å². The average molecular weight is 269 g/mol. The number of fused-ring (bicyclic) bond motifs is 1. The Kier molecular flexibility index (Phi) is 4.35. The summed E-state index contributed by atoms with van der Waals surface area (Å²) in [5.74, 6) is -1.17. The molecular weight excluding hydrogens is 250 g/mol. The molecule has 0 aliphatic heterocycles. The first-order chi connectivity index (χ1) is 8.67. The van der Waals surface area contributed by atoms with Crippen LogP contribution >= 0.6 is 11.3 Å². The van der Waals surface area contributed by atoms with Crippen LogP contribution in [0.3, 0.4) is 0 Å². The number of rotatable bonds is 5. The highest BCUT2D eigenvalue weighted by atomic mass is 32.1. The Bertz CT molecular complexity index is 430. The lowest BCUT2D eigenvalue weighted by Crippen LogP contribution is -2.17. The molecule has 0 amide bonds. The molecule has 1 aliphatic carbocycles. The third kappa shape index (κ3) is 2.57. The first-order valence-corrected chi connectivity index (χ1v) is 7.24. The van der Waals surface area contributed by atoms with E-state index in [4.69, 9.17) is 4.74 Å². The molecule has 1 aliphatic rings. The Morgan fingerprint density at radius 3 is 3.06 bits per heavy atom. The number of methoxy groups -OCH3 is 1. The van der Waals surface area contributed by atoms with Crippen LogP contribution in [0.4, 0.5) is 0 Å². The lowest BCUT2D eigenvalue weighted by atomic mass is 9.91. The minimum Gasteiger partial charge on any atom is -0.481 e. The van der Waals surface area contributed by atoms with Crippen molar-refractivity contribution in [2.75, 3.05) is 7.11 Å². The van der Waals surface area contributed by atoms with Crippen LogP contribution in [0, 0.1) is 0 Å². The van der Waals surface area contributed by atoms with E-state index in [9.17, 15) is 9.90 Å². The van der Waals surface area contributed by atoms with Gasteiger partial charge in [0.1, 0.15) is 11.1 Å². The third-order valence-electron chi connectivity index (χ3n) is 3.38. The Morgan fingerprint density at radius 1 is 1.67 bits per heavy atom. The predicted octanol–water partition coefficient (Wildman–Crippen LogP) is 3.14. The molecule has 1 aromatic heterocycles. The van der Waals surface area contributed by atoms with Crippen molar-refractivity contribution in [1.82, 2.24) is 4.98 Å². The van der Waals surface area contributed by atoms with E-state index in [1.807, 2.05) is 0 Å². The highest BCUT2D eigenvalue weighted by Gasteiger charge is 2.31. The maximum absolute atomic E-state index is 11.2. The van der Waals surface area contributed by atoms with Crippen LogP contribution in [0.15, 0.2) is 0 Å². The van der Waals surface area contributed by atoms with Crippen molar-refractivity contribution in [2.24, 2.45) is 0 Å². The first-order valence-electron chi connectivity index (χ1n) is 6.42. The van der Waals surface area contributed by atoms with E-state index in [1.165, 1.54) is 0 Å². The van der Waals surface area contributed by atoms with E-state index in [-0.39, 0.29) is 6.10 Å². The largest absolute Gasteiger partial charge is 0.481 e. The number of hydrogen-bond acceptors (Lipinski definition) is 4. The van der Waals surface area contributed by atoms with Gasteiger partial charge in [0.05, 0.1) is 11.6 Å². The summed E-state index contributed by atoms with van der Waals surface area (Å²) in [6.45, 7) is 2.11. The van der Waals surface area contributed by atoms with E-state index >= 15 is 0 Å². The van der Waals surface area contributed by atoms with Crippen molar-refractivity contribution >= 4 is 17.3 Å². The smallest absolute Gasteiger partial charge is 0.312 e. The van der Waals surface area contributed by atoms with Crippen LogP contribution in [-0.4, -0.2) is 23.2 Å². The summed E-state index contributed by atoms with van der Waals surface area (Å²) >= 11 is 1.63. The van der Waals surface area contributed by atoms with Crippen LogP contribution in [0.25, 0.3) is 0 Å². The molecule has 0 aromatic carbocycles. The molecule has 100 valence electrons. The maximum Gasteiger partial charge on any atom is 0.312 e. The number of carboxylic acids is 1. The van der Waals surface area contributed by atoms with Crippen LogP contribution in [0.5, 0.6) is 0 Å². The van der Waals surface area contributed by atoms with Crippen molar-refractivity contribution in [3.05, 3.63) is 15.6 Å². The number of hydrogen-bond donors (Lipinski definition) is 1. The van der Waals surface area contributed by atoms with Gasteiger partial charge in [-0.2, -0.15) is 0 Å². The highest BCUT2D eigenvalue weighted by molar-refractivity contribution is 7.11. The molecule has 0 saturated carbocycles. The minimum atomic E-state index is -0.753. The van der Waals surface area contributed by atoms with E-state index in [1.54, 1.807) is 18.4 Å². The second-order valence-corrected chi connectivity index (χ2v) is 5.77. The number of thiazole rings is 1. The quantitative estimate of drug-likeness (QED) is 0.892. The summed E-state index contributed by atoms with van der Waals surface area (Å²) in [5, 5.41) is 10.2. The SMILES string of the molecule is CCCC(OC)c1nc2c(s1)CCCC2C(=O)O. The van der Waals surface area contributed by atoms with Crippen LogP contribution in [0.1, 0.15) is 60.2 Å². The van der Waals surface area contributed by atoms with Crippen LogP contribution < -0.4 is 0 Å². The monoisotopic (exact) mass is 269 g/mol. The average Bonchev–Trinajstić information content (AvgIpc) is 2.78. The lowest BCUT2D eigenvalue weighted by molar-refractivity contribution is -0.139. The maximum atomic E-state index is 11.2. The summed E-state index contributed by atoms with van der Waals surface area (Å²) in [6.07, 6.45) is 4.58. The molecule has 0 radical (unpaired) electrons. The molecule has 0 bridgehead atoms. The minimum absolute atomic E-state index is 0.0139. The predicted molar refractivity (Wildman–Crippen MR) is 70.1 cm³/mol. The van der Waals surface area contributed by atoms with Gasteiger partial charge in [-0.15, -0.1) is 11.3 Å². The van der Waals surface area contributed by atoms with Gasteiger partial charge in [-0.05, 0) is 25.7 Å². The molecular formula is C13H19NO3S. The number of nitrogens with zero attached hydrogens (tertiary/aromatic N) is 1.